The minimum Gasteiger partial charge on any atom is -0.497 e. The number of anilines is 1. The first-order valence-corrected chi connectivity index (χ1v) is 8.73. The second kappa shape index (κ2) is 7.11. The molecule has 0 spiro atoms. The molecule has 1 aliphatic heterocycles. The van der Waals surface area contributed by atoms with Gasteiger partial charge in [0.1, 0.15) is 5.75 Å². The fourth-order valence-corrected chi connectivity index (χ4v) is 3.00. The smallest absolute Gasteiger partial charge is 0.321 e. The number of aryl methyl sites for hydroxylation is 1. The standard InChI is InChI=1S/C20H20N4O3/c1-13-10-16(26-2)8-9-17(13)21-20(25)24-11-15(12-24)18-22-19(27-23-18)14-6-4-3-5-7-14/h3-10,15H,11-12H2,1-2H3,(H,21,25). The van der Waals surface area contributed by atoms with Crippen LogP contribution >= 0.6 is 0 Å². The zero-order valence-electron chi connectivity index (χ0n) is 15.2. The van der Waals surface area contributed by atoms with Gasteiger partial charge in [0.15, 0.2) is 5.82 Å². The third kappa shape index (κ3) is 3.48. The summed E-state index contributed by atoms with van der Waals surface area (Å²) in [5, 5.41) is 7.00. The summed E-state index contributed by atoms with van der Waals surface area (Å²) >= 11 is 0. The van der Waals surface area contributed by atoms with Gasteiger partial charge in [-0.05, 0) is 42.8 Å². The molecule has 1 aromatic heterocycles. The van der Waals surface area contributed by atoms with E-state index in [4.69, 9.17) is 9.26 Å². The maximum Gasteiger partial charge on any atom is 0.321 e. The van der Waals surface area contributed by atoms with Crippen molar-refractivity contribution in [3.05, 3.63) is 59.9 Å². The number of hydrogen-bond acceptors (Lipinski definition) is 5. The van der Waals surface area contributed by atoms with E-state index >= 15 is 0 Å². The molecule has 4 rings (SSSR count). The Labute approximate surface area is 156 Å². The van der Waals surface area contributed by atoms with Gasteiger partial charge in [0.25, 0.3) is 5.89 Å². The number of nitrogens with one attached hydrogen (secondary N) is 1. The van der Waals surface area contributed by atoms with Crippen molar-refractivity contribution in [1.29, 1.82) is 0 Å². The van der Waals surface area contributed by atoms with Crippen LogP contribution in [0.3, 0.4) is 0 Å². The van der Waals surface area contributed by atoms with E-state index in [2.05, 4.69) is 15.5 Å². The van der Waals surface area contributed by atoms with E-state index in [1.165, 1.54) is 0 Å². The second-order valence-corrected chi connectivity index (χ2v) is 6.54. The average Bonchev–Trinajstić information content (AvgIpc) is 3.12. The van der Waals surface area contributed by atoms with Crippen molar-refractivity contribution in [2.75, 3.05) is 25.5 Å². The Hall–Kier alpha value is -3.35. The number of rotatable bonds is 4. The van der Waals surface area contributed by atoms with E-state index in [1.807, 2.05) is 55.5 Å². The highest BCUT2D eigenvalue weighted by Gasteiger charge is 2.35. The number of amides is 2. The summed E-state index contributed by atoms with van der Waals surface area (Å²) in [5.74, 6) is 2.00. The van der Waals surface area contributed by atoms with Crippen LogP contribution in [0.5, 0.6) is 5.75 Å². The molecule has 2 heterocycles. The molecular weight excluding hydrogens is 344 g/mol. The largest absolute Gasteiger partial charge is 0.497 e. The number of methoxy groups -OCH3 is 1. The molecule has 0 saturated carbocycles. The zero-order valence-corrected chi connectivity index (χ0v) is 15.2. The van der Waals surface area contributed by atoms with E-state index in [1.54, 1.807) is 12.0 Å². The van der Waals surface area contributed by atoms with E-state index in [9.17, 15) is 4.79 Å². The number of ether oxygens (including phenoxy) is 1. The summed E-state index contributed by atoms with van der Waals surface area (Å²) in [7, 11) is 1.62. The first kappa shape index (κ1) is 17.1. The number of carbonyl (C=O) groups excluding carboxylic acids is 1. The summed E-state index contributed by atoms with van der Waals surface area (Å²) in [6.45, 7) is 3.06. The highest BCUT2D eigenvalue weighted by molar-refractivity contribution is 5.90. The number of benzene rings is 2. The van der Waals surface area contributed by atoms with Crippen molar-refractivity contribution in [2.45, 2.75) is 12.8 Å². The van der Waals surface area contributed by atoms with Crippen LogP contribution in [-0.4, -0.2) is 41.3 Å². The Morgan fingerprint density at radius 3 is 2.70 bits per heavy atom. The van der Waals surface area contributed by atoms with Crippen LogP contribution in [0.15, 0.2) is 53.1 Å². The van der Waals surface area contributed by atoms with Crippen LogP contribution in [0.2, 0.25) is 0 Å². The van der Waals surface area contributed by atoms with Crippen LogP contribution in [0.1, 0.15) is 17.3 Å². The van der Waals surface area contributed by atoms with Crippen LogP contribution in [0.4, 0.5) is 10.5 Å². The van der Waals surface area contributed by atoms with Crippen LogP contribution in [0.25, 0.3) is 11.5 Å². The van der Waals surface area contributed by atoms with Crippen molar-refractivity contribution in [1.82, 2.24) is 15.0 Å². The van der Waals surface area contributed by atoms with Gasteiger partial charge in [0.2, 0.25) is 0 Å². The maximum atomic E-state index is 12.4. The lowest BCUT2D eigenvalue weighted by Crippen LogP contribution is -2.50. The van der Waals surface area contributed by atoms with Gasteiger partial charge < -0.3 is 19.5 Å². The fourth-order valence-electron chi connectivity index (χ4n) is 3.00. The summed E-state index contributed by atoms with van der Waals surface area (Å²) < 4.78 is 10.5. The number of carbonyl (C=O) groups is 1. The zero-order chi connectivity index (χ0) is 18.8. The fraction of sp³-hybridized carbons (Fsp3) is 0.250. The second-order valence-electron chi connectivity index (χ2n) is 6.54. The third-order valence-electron chi connectivity index (χ3n) is 4.67. The van der Waals surface area contributed by atoms with Crippen LogP contribution in [-0.2, 0) is 0 Å². The molecule has 1 saturated heterocycles. The molecule has 0 atom stereocenters. The van der Waals surface area contributed by atoms with Gasteiger partial charge in [0, 0.05) is 24.3 Å². The molecule has 0 bridgehead atoms. The SMILES string of the molecule is COc1ccc(NC(=O)N2CC(c3noc(-c4ccccc4)n3)C2)c(C)c1. The predicted molar refractivity (Wildman–Crippen MR) is 101 cm³/mol. The van der Waals surface area contributed by atoms with Gasteiger partial charge in [-0.1, -0.05) is 23.4 Å². The average molecular weight is 364 g/mol. The van der Waals surface area contributed by atoms with Crippen molar-refractivity contribution in [3.63, 3.8) is 0 Å². The van der Waals surface area contributed by atoms with Crippen LogP contribution < -0.4 is 10.1 Å². The molecule has 7 heteroatoms. The van der Waals surface area contributed by atoms with Gasteiger partial charge in [-0.25, -0.2) is 4.79 Å². The van der Waals surface area contributed by atoms with Gasteiger partial charge in [0.05, 0.1) is 13.0 Å². The van der Waals surface area contributed by atoms with Gasteiger partial charge in [-0.3, -0.25) is 0 Å². The van der Waals surface area contributed by atoms with Crippen molar-refractivity contribution >= 4 is 11.7 Å². The number of hydrogen-bond donors (Lipinski definition) is 1. The van der Waals surface area contributed by atoms with Gasteiger partial charge in [-0.15, -0.1) is 0 Å². The van der Waals surface area contributed by atoms with Gasteiger partial charge >= 0.3 is 6.03 Å². The normalized spacial score (nSPS) is 13.9. The Kier molecular flexibility index (Phi) is 4.50. The Morgan fingerprint density at radius 1 is 1.22 bits per heavy atom. The first-order chi connectivity index (χ1) is 13.1. The Balaban J connectivity index is 1.35. The number of aromatic nitrogens is 2. The van der Waals surface area contributed by atoms with E-state index in [-0.39, 0.29) is 11.9 Å². The van der Waals surface area contributed by atoms with E-state index in [0.717, 1.165) is 22.6 Å². The van der Waals surface area contributed by atoms with Crippen molar-refractivity contribution in [2.24, 2.45) is 0 Å². The third-order valence-corrected chi connectivity index (χ3v) is 4.67. The summed E-state index contributed by atoms with van der Waals surface area (Å²) in [5.41, 5.74) is 2.61. The van der Waals surface area contributed by atoms with Crippen molar-refractivity contribution < 1.29 is 14.1 Å². The van der Waals surface area contributed by atoms with E-state index in [0.29, 0.717) is 24.8 Å². The Bertz CT molecular complexity index is 949. The topological polar surface area (TPSA) is 80.5 Å². The molecule has 1 fully saturated rings. The maximum absolute atomic E-state index is 12.4. The van der Waals surface area contributed by atoms with Crippen LogP contribution in [0, 0.1) is 6.92 Å². The molecule has 0 radical (unpaired) electrons. The number of nitrogens with zero attached hydrogens (tertiary/aromatic N) is 3. The quantitative estimate of drug-likeness (QED) is 0.764. The lowest BCUT2D eigenvalue weighted by molar-refractivity contribution is 0.159. The lowest BCUT2D eigenvalue weighted by Gasteiger charge is -2.37. The molecular formula is C20H20N4O3. The monoisotopic (exact) mass is 364 g/mol. The molecule has 2 amide bonds. The van der Waals surface area contributed by atoms with Gasteiger partial charge in [-0.2, -0.15) is 4.98 Å². The summed E-state index contributed by atoms with van der Waals surface area (Å²) in [6, 6.07) is 15.1. The number of urea groups is 1. The molecule has 0 aliphatic carbocycles. The molecule has 1 N–H and O–H groups in total. The lowest BCUT2D eigenvalue weighted by atomic mass is 10.00. The highest BCUT2D eigenvalue weighted by atomic mass is 16.5. The molecule has 27 heavy (non-hydrogen) atoms. The van der Waals surface area contributed by atoms with E-state index < -0.39 is 0 Å². The highest BCUT2D eigenvalue weighted by Crippen LogP contribution is 2.28. The molecule has 138 valence electrons. The minimum atomic E-state index is -0.133. The molecule has 1 aliphatic rings. The summed E-state index contributed by atoms with van der Waals surface area (Å²) in [6.07, 6.45) is 0. The summed E-state index contributed by atoms with van der Waals surface area (Å²) in [4.78, 5) is 18.6. The Morgan fingerprint density at radius 2 is 2.00 bits per heavy atom. The minimum absolute atomic E-state index is 0.0916. The predicted octanol–water partition coefficient (Wildman–Crippen LogP) is 3.68. The molecule has 0 unspecified atom stereocenters. The van der Waals surface area contributed by atoms with Crippen molar-refractivity contribution in [3.8, 4) is 17.2 Å². The number of likely N-dealkylation sites (tertiary alicyclic amines) is 1. The molecule has 3 aromatic rings. The molecule has 7 nitrogen and oxygen atoms in total. The molecule has 2 aromatic carbocycles. The first-order valence-electron chi connectivity index (χ1n) is 8.73.